The summed E-state index contributed by atoms with van der Waals surface area (Å²) in [6.45, 7) is 2.83. The standard InChI is InChI=1S/C21H18ClFN2OS/c22-17-3-1-2-4-18(17)24-11-13-25(14-12-24)21(26)20-10-9-19(27-20)15-5-7-16(23)8-6-15/h1-10H,11-14H2. The maximum absolute atomic E-state index is 13.1. The van der Waals surface area contributed by atoms with E-state index in [1.165, 1.54) is 23.5 Å². The lowest BCUT2D eigenvalue weighted by Gasteiger charge is -2.36. The summed E-state index contributed by atoms with van der Waals surface area (Å²) in [6.07, 6.45) is 0. The van der Waals surface area contributed by atoms with E-state index in [1.807, 2.05) is 41.3 Å². The first-order chi connectivity index (χ1) is 13.1. The number of thiophene rings is 1. The van der Waals surface area contributed by atoms with Crippen molar-refractivity contribution in [1.82, 2.24) is 4.90 Å². The van der Waals surface area contributed by atoms with Crippen molar-refractivity contribution in [1.29, 1.82) is 0 Å². The fraction of sp³-hybridized carbons (Fsp3) is 0.190. The molecule has 4 rings (SSSR count). The summed E-state index contributed by atoms with van der Waals surface area (Å²) in [7, 11) is 0. The van der Waals surface area contributed by atoms with Gasteiger partial charge in [0.25, 0.3) is 5.91 Å². The third-order valence-corrected chi connectivity index (χ3v) is 6.15. The van der Waals surface area contributed by atoms with E-state index < -0.39 is 0 Å². The van der Waals surface area contributed by atoms with Crippen LogP contribution in [0.15, 0.2) is 60.7 Å². The molecule has 0 N–H and O–H groups in total. The molecule has 27 heavy (non-hydrogen) atoms. The minimum Gasteiger partial charge on any atom is -0.367 e. The monoisotopic (exact) mass is 400 g/mol. The van der Waals surface area contributed by atoms with Crippen molar-refractivity contribution in [2.45, 2.75) is 0 Å². The number of anilines is 1. The van der Waals surface area contributed by atoms with Gasteiger partial charge in [0.2, 0.25) is 0 Å². The van der Waals surface area contributed by atoms with E-state index in [0.717, 1.165) is 34.2 Å². The van der Waals surface area contributed by atoms with Crippen LogP contribution < -0.4 is 4.90 Å². The van der Waals surface area contributed by atoms with E-state index in [4.69, 9.17) is 11.6 Å². The zero-order valence-electron chi connectivity index (χ0n) is 14.6. The Morgan fingerprint density at radius 2 is 1.63 bits per heavy atom. The summed E-state index contributed by atoms with van der Waals surface area (Å²) in [6, 6.07) is 17.9. The molecule has 0 unspecified atom stereocenters. The largest absolute Gasteiger partial charge is 0.367 e. The maximum atomic E-state index is 13.1. The normalized spacial score (nSPS) is 14.4. The second kappa shape index (κ2) is 7.71. The predicted molar refractivity (Wildman–Crippen MR) is 109 cm³/mol. The average Bonchev–Trinajstić information content (AvgIpc) is 3.19. The highest BCUT2D eigenvalue weighted by Crippen LogP contribution is 2.30. The molecule has 2 heterocycles. The molecule has 0 atom stereocenters. The van der Waals surface area contributed by atoms with Gasteiger partial charge in [0.05, 0.1) is 15.6 Å². The number of hydrogen-bond acceptors (Lipinski definition) is 3. The van der Waals surface area contributed by atoms with Crippen molar-refractivity contribution < 1.29 is 9.18 Å². The summed E-state index contributed by atoms with van der Waals surface area (Å²) in [5.41, 5.74) is 1.94. The van der Waals surface area contributed by atoms with E-state index in [2.05, 4.69) is 4.90 Å². The van der Waals surface area contributed by atoms with Crippen LogP contribution in [0.4, 0.5) is 10.1 Å². The molecule has 0 bridgehead atoms. The zero-order chi connectivity index (χ0) is 18.8. The van der Waals surface area contributed by atoms with Crippen LogP contribution in [0.3, 0.4) is 0 Å². The van der Waals surface area contributed by atoms with Gasteiger partial charge in [0.15, 0.2) is 0 Å². The highest BCUT2D eigenvalue weighted by molar-refractivity contribution is 7.17. The first kappa shape index (κ1) is 18.0. The lowest BCUT2D eigenvalue weighted by molar-refractivity contribution is 0.0751. The molecular formula is C21H18ClFN2OS. The van der Waals surface area contributed by atoms with Gasteiger partial charge >= 0.3 is 0 Å². The van der Waals surface area contributed by atoms with Gasteiger partial charge in [-0.1, -0.05) is 35.9 Å². The Balaban J connectivity index is 1.43. The lowest BCUT2D eigenvalue weighted by Crippen LogP contribution is -2.48. The average molecular weight is 401 g/mol. The number of carbonyl (C=O) groups excluding carboxylic acids is 1. The number of rotatable bonds is 3. The Bertz CT molecular complexity index is 949. The highest BCUT2D eigenvalue weighted by atomic mass is 35.5. The van der Waals surface area contributed by atoms with Gasteiger partial charge in [-0.25, -0.2) is 4.39 Å². The number of hydrogen-bond donors (Lipinski definition) is 0. The molecule has 0 spiro atoms. The molecule has 1 aliphatic heterocycles. The van der Waals surface area contributed by atoms with Gasteiger partial charge in [-0.05, 0) is 42.0 Å². The molecule has 0 saturated carbocycles. The van der Waals surface area contributed by atoms with Gasteiger partial charge in [0, 0.05) is 31.1 Å². The predicted octanol–water partition coefficient (Wildman–Crippen LogP) is 5.17. The zero-order valence-corrected chi connectivity index (χ0v) is 16.1. The number of piperazine rings is 1. The highest BCUT2D eigenvalue weighted by Gasteiger charge is 2.24. The van der Waals surface area contributed by atoms with Gasteiger partial charge in [0.1, 0.15) is 5.82 Å². The number of benzene rings is 2. The Morgan fingerprint density at radius 1 is 0.926 bits per heavy atom. The second-order valence-electron chi connectivity index (χ2n) is 6.40. The fourth-order valence-corrected chi connectivity index (χ4v) is 4.47. The van der Waals surface area contributed by atoms with Crippen molar-refractivity contribution in [3.05, 3.63) is 76.4 Å². The summed E-state index contributed by atoms with van der Waals surface area (Å²) in [5.74, 6) is -0.213. The Kier molecular flexibility index (Phi) is 5.14. The van der Waals surface area contributed by atoms with Gasteiger partial charge < -0.3 is 9.80 Å². The smallest absolute Gasteiger partial charge is 0.264 e. The third kappa shape index (κ3) is 3.84. The Hall–Kier alpha value is -2.37. The number of para-hydroxylation sites is 1. The third-order valence-electron chi connectivity index (χ3n) is 4.71. The Labute approximate surface area is 166 Å². The SMILES string of the molecule is O=C(c1ccc(-c2ccc(F)cc2)s1)N1CCN(c2ccccc2Cl)CC1. The van der Waals surface area contributed by atoms with E-state index in [-0.39, 0.29) is 11.7 Å². The molecular weight excluding hydrogens is 383 g/mol. The summed E-state index contributed by atoms with van der Waals surface area (Å²) in [5, 5.41) is 0.736. The summed E-state index contributed by atoms with van der Waals surface area (Å²) in [4.78, 5) is 18.6. The van der Waals surface area contributed by atoms with Crippen LogP contribution in [0.1, 0.15) is 9.67 Å². The van der Waals surface area contributed by atoms with Crippen LogP contribution in [0.25, 0.3) is 10.4 Å². The second-order valence-corrected chi connectivity index (χ2v) is 7.89. The molecule has 1 amide bonds. The first-order valence-electron chi connectivity index (χ1n) is 8.76. The molecule has 3 aromatic rings. The number of carbonyl (C=O) groups is 1. The van der Waals surface area contributed by atoms with Crippen LogP contribution >= 0.6 is 22.9 Å². The maximum Gasteiger partial charge on any atom is 0.264 e. The van der Waals surface area contributed by atoms with Crippen molar-refractivity contribution in [2.75, 3.05) is 31.1 Å². The Morgan fingerprint density at radius 3 is 2.33 bits per heavy atom. The van der Waals surface area contributed by atoms with E-state index >= 15 is 0 Å². The van der Waals surface area contributed by atoms with Crippen molar-refractivity contribution in [3.8, 4) is 10.4 Å². The fourth-order valence-electron chi connectivity index (χ4n) is 3.24. The molecule has 1 saturated heterocycles. The van der Waals surface area contributed by atoms with Gasteiger partial charge in [-0.3, -0.25) is 4.79 Å². The molecule has 138 valence electrons. The van der Waals surface area contributed by atoms with Crippen molar-refractivity contribution >= 4 is 34.5 Å². The number of halogens is 2. The van der Waals surface area contributed by atoms with Crippen molar-refractivity contribution in [3.63, 3.8) is 0 Å². The molecule has 3 nitrogen and oxygen atoms in total. The molecule has 1 aliphatic rings. The molecule has 1 aromatic heterocycles. The molecule has 0 aliphatic carbocycles. The minimum atomic E-state index is -0.261. The number of nitrogens with zero attached hydrogens (tertiary/aromatic N) is 2. The number of amides is 1. The van der Waals surface area contributed by atoms with E-state index in [1.54, 1.807) is 12.1 Å². The van der Waals surface area contributed by atoms with Gasteiger partial charge in [-0.2, -0.15) is 0 Å². The topological polar surface area (TPSA) is 23.6 Å². The minimum absolute atomic E-state index is 0.0483. The molecule has 2 aromatic carbocycles. The van der Waals surface area contributed by atoms with Crippen LogP contribution in [-0.4, -0.2) is 37.0 Å². The molecule has 0 radical (unpaired) electrons. The van der Waals surface area contributed by atoms with Gasteiger partial charge in [-0.15, -0.1) is 11.3 Å². The van der Waals surface area contributed by atoms with Crippen LogP contribution in [0.5, 0.6) is 0 Å². The molecule has 1 fully saturated rings. The summed E-state index contributed by atoms with van der Waals surface area (Å²) < 4.78 is 13.1. The quantitative estimate of drug-likeness (QED) is 0.605. The van der Waals surface area contributed by atoms with Crippen LogP contribution in [-0.2, 0) is 0 Å². The summed E-state index contributed by atoms with van der Waals surface area (Å²) >= 11 is 7.72. The lowest BCUT2D eigenvalue weighted by atomic mass is 10.2. The first-order valence-corrected chi connectivity index (χ1v) is 9.96. The molecule has 6 heteroatoms. The van der Waals surface area contributed by atoms with Crippen LogP contribution in [0.2, 0.25) is 5.02 Å². The van der Waals surface area contributed by atoms with E-state index in [0.29, 0.717) is 18.0 Å². The van der Waals surface area contributed by atoms with Crippen molar-refractivity contribution in [2.24, 2.45) is 0 Å². The van der Waals surface area contributed by atoms with E-state index in [9.17, 15) is 9.18 Å². The van der Waals surface area contributed by atoms with Crippen LogP contribution in [0, 0.1) is 5.82 Å².